The zero-order valence-corrected chi connectivity index (χ0v) is 17.8. The van der Waals surface area contributed by atoms with Gasteiger partial charge in [-0.15, -0.1) is 5.10 Å². The minimum Gasteiger partial charge on any atom is -0.457 e. The maximum Gasteiger partial charge on any atom is 0.276 e. The van der Waals surface area contributed by atoms with Gasteiger partial charge in [-0.05, 0) is 49.1 Å². The van der Waals surface area contributed by atoms with Gasteiger partial charge in [0.2, 0.25) is 6.17 Å². The van der Waals surface area contributed by atoms with E-state index in [9.17, 15) is 4.79 Å². The number of rotatable bonds is 2. The number of carbonyl (C=O) groups is 1. The first-order valence-corrected chi connectivity index (χ1v) is 10.9. The van der Waals surface area contributed by atoms with Gasteiger partial charge in [0.15, 0.2) is 10.9 Å². The van der Waals surface area contributed by atoms with Crippen LogP contribution in [-0.4, -0.2) is 22.3 Å². The third kappa shape index (κ3) is 3.11. The molecule has 2 aliphatic heterocycles. The molecule has 3 heterocycles. The van der Waals surface area contributed by atoms with Crippen molar-refractivity contribution in [1.82, 2.24) is 10.3 Å². The van der Waals surface area contributed by atoms with E-state index in [2.05, 4.69) is 10.4 Å². The molecular weight excluding hydrogens is 420 g/mol. The molecule has 0 fully saturated rings. The normalized spacial score (nSPS) is 17.6. The summed E-state index contributed by atoms with van der Waals surface area (Å²) in [6.45, 7) is 2.00. The lowest BCUT2D eigenvalue weighted by atomic mass is 10.1. The number of nitrogens with one attached hydrogen (secondary N) is 1. The van der Waals surface area contributed by atoms with Crippen LogP contribution in [0.25, 0.3) is 17.0 Å². The molecule has 0 aliphatic carbocycles. The van der Waals surface area contributed by atoms with Crippen LogP contribution in [0, 0.1) is 6.92 Å². The van der Waals surface area contributed by atoms with Crippen molar-refractivity contribution in [1.29, 1.82) is 0 Å². The van der Waals surface area contributed by atoms with Crippen LogP contribution < -0.4 is 15.9 Å². The van der Waals surface area contributed by atoms with Crippen LogP contribution in [-0.2, 0) is 4.79 Å². The number of hydrazone groups is 1. The summed E-state index contributed by atoms with van der Waals surface area (Å²) in [6, 6.07) is 17.0. The van der Waals surface area contributed by atoms with E-state index in [1.807, 2.05) is 67.8 Å². The maximum absolute atomic E-state index is 12.9. The van der Waals surface area contributed by atoms with E-state index >= 15 is 0 Å². The Morgan fingerprint density at radius 3 is 2.83 bits per heavy atom. The molecule has 6 nitrogen and oxygen atoms in total. The second-order valence-electron chi connectivity index (χ2n) is 6.94. The number of furan rings is 1. The number of aryl methyl sites for hydroxylation is 1. The number of hydrogen-bond acceptors (Lipinski definition) is 6. The minimum atomic E-state index is -0.587. The van der Waals surface area contributed by atoms with Crippen molar-refractivity contribution < 1.29 is 9.21 Å². The molecule has 0 spiro atoms. The van der Waals surface area contributed by atoms with Crippen LogP contribution in [0.15, 0.2) is 69.1 Å². The predicted octanol–water partition coefficient (Wildman–Crippen LogP) is 3.41. The van der Waals surface area contributed by atoms with E-state index in [1.165, 1.54) is 11.8 Å². The fourth-order valence-corrected chi connectivity index (χ4v) is 4.14. The Morgan fingerprint density at radius 2 is 2.00 bits per heavy atom. The highest BCUT2D eigenvalue weighted by molar-refractivity contribution is 8.13. The summed E-state index contributed by atoms with van der Waals surface area (Å²) in [4.78, 5) is 17.7. The fourth-order valence-electron chi connectivity index (χ4n) is 3.60. The number of thioether (sulfide) groups is 1. The van der Waals surface area contributed by atoms with Gasteiger partial charge in [0.1, 0.15) is 11.5 Å². The lowest BCUT2D eigenvalue weighted by Crippen LogP contribution is -2.50. The highest BCUT2D eigenvalue weighted by atomic mass is 35.5. The minimum absolute atomic E-state index is 0.209. The van der Waals surface area contributed by atoms with Gasteiger partial charge in [-0.2, -0.15) is 0 Å². The quantitative estimate of drug-likeness (QED) is 0.668. The smallest absolute Gasteiger partial charge is 0.276 e. The Hall–Kier alpha value is -3.03. The highest BCUT2D eigenvalue weighted by Crippen LogP contribution is 2.35. The number of benzene rings is 2. The predicted molar refractivity (Wildman–Crippen MR) is 118 cm³/mol. The zero-order valence-electron chi connectivity index (χ0n) is 16.2. The van der Waals surface area contributed by atoms with Gasteiger partial charge in [-0.3, -0.25) is 10.1 Å². The van der Waals surface area contributed by atoms with E-state index in [4.69, 9.17) is 21.0 Å². The van der Waals surface area contributed by atoms with E-state index in [0.717, 1.165) is 21.7 Å². The summed E-state index contributed by atoms with van der Waals surface area (Å²) in [6.07, 6.45) is 1.28. The van der Waals surface area contributed by atoms with Crippen LogP contribution in [0.3, 0.4) is 0 Å². The van der Waals surface area contributed by atoms with Crippen molar-refractivity contribution in [2.75, 3.05) is 6.26 Å². The van der Waals surface area contributed by atoms with Crippen LogP contribution in [0.4, 0.5) is 0 Å². The molecule has 5 rings (SSSR count). The van der Waals surface area contributed by atoms with E-state index in [1.54, 1.807) is 5.01 Å². The molecule has 0 bridgehead atoms. The lowest BCUT2D eigenvalue weighted by Gasteiger charge is -2.32. The molecule has 2 aliphatic rings. The number of halogens is 1. The first-order valence-electron chi connectivity index (χ1n) is 9.32. The standard InChI is InChI=1S/C22H17ClN4O2S/c1-12-7-8-13(23)11-15(12)17-9-10-18(29-17)20-24-16-6-4-3-5-14(16)19-21(28)25-22(30-2)26-27(19)20/h3-11,20H,1-2H3,(H,25,26,28). The van der Waals surface area contributed by atoms with Crippen LogP contribution in [0.2, 0.25) is 5.02 Å². The van der Waals surface area contributed by atoms with Crippen molar-refractivity contribution in [3.05, 3.63) is 81.5 Å². The molecule has 1 atom stereocenters. The van der Waals surface area contributed by atoms with Crippen molar-refractivity contribution >= 4 is 40.1 Å². The average Bonchev–Trinajstić information content (AvgIpc) is 3.24. The van der Waals surface area contributed by atoms with Gasteiger partial charge >= 0.3 is 0 Å². The SMILES string of the molecule is CSC1=NN2C(=c3ccccc3=NC2c2ccc(-c3cc(Cl)ccc3C)o2)C(=O)N1. The maximum atomic E-state index is 12.9. The van der Waals surface area contributed by atoms with Gasteiger partial charge in [0.05, 0.1) is 5.36 Å². The third-order valence-electron chi connectivity index (χ3n) is 5.06. The van der Waals surface area contributed by atoms with Crippen molar-refractivity contribution in [2.45, 2.75) is 13.1 Å². The monoisotopic (exact) mass is 436 g/mol. The van der Waals surface area contributed by atoms with Crippen LogP contribution in [0.1, 0.15) is 17.5 Å². The van der Waals surface area contributed by atoms with Crippen molar-refractivity contribution in [3.63, 3.8) is 0 Å². The Balaban J connectivity index is 1.67. The van der Waals surface area contributed by atoms with E-state index in [0.29, 0.717) is 27.4 Å². The Morgan fingerprint density at radius 1 is 1.17 bits per heavy atom. The summed E-state index contributed by atoms with van der Waals surface area (Å²) in [5.74, 6) is 1.07. The molecular formula is C22H17ClN4O2S. The third-order valence-corrected chi connectivity index (χ3v) is 5.86. The number of fused-ring (bicyclic) bond motifs is 2. The van der Waals surface area contributed by atoms with Crippen molar-refractivity contribution in [3.8, 4) is 11.3 Å². The zero-order chi connectivity index (χ0) is 20.8. The second-order valence-corrected chi connectivity index (χ2v) is 8.17. The number of amidine groups is 1. The van der Waals surface area contributed by atoms with Gasteiger partial charge in [0, 0.05) is 15.8 Å². The number of amides is 1. The molecule has 1 N–H and O–H groups in total. The largest absolute Gasteiger partial charge is 0.457 e. The van der Waals surface area contributed by atoms with Gasteiger partial charge in [-0.25, -0.2) is 10.0 Å². The average molecular weight is 437 g/mol. The molecule has 1 amide bonds. The molecule has 8 heteroatoms. The van der Waals surface area contributed by atoms with Gasteiger partial charge < -0.3 is 4.42 Å². The van der Waals surface area contributed by atoms with Gasteiger partial charge in [0.25, 0.3) is 5.91 Å². The molecule has 1 aromatic heterocycles. The summed E-state index contributed by atoms with van der Waals surface area (Å²) in [5, 5.41) is 11.7. The first kappa shape index (κ1) is 19.0. The molecule has 0 radical (unpaired) electrons. The van der Waals surface area contributed by atoms with E-state index in [-0.39, 0.29) is 5.91 Å². The van der Waals surface area contributed by atoms with Crippen LogP contribution >= 0.6 is 23.4 Å². The Kier molecular flexibility index (Phi) is 4.64. The number of carbonyl (C=O) groups excluding carboxylic acids is 1. The summed E-state index contributed by atoms with van der Waals surface area (Å²) in [7, 11) is 0. The summed E-state index contributed by atoms with van der Waals surface area (Å²) in [5.41, 5.74) is 2.43. The second kappa shape index (κ2) is 7.34. The van der Waals surface area contributed by atoms with Crippen molar-refractivity contribution in [2.24, 2.45) is 10.1 Å². The molecule has 30 heavy (non-hydrogen) atoms. The summed E-state index contributed by atoms with van der Waals surface area (Å²) >= 11 is 7.55. The topological polar surface area (TPSA) is 70.2 Å². The number of hydrogen-bond donors (Lipinski definition) is 1. The van der Waals surface area contributed by atoms with Gasteiger partial charge in [-0.1, -0.05) is 47.6 Å². The first-order chi connectivity index (χ1) is 14.5. The highest BCUT2D eigenvalue weighted by Gasteiger charge is 2.35. The Bertz CT molecular complexity index is 1330. The Labute approximate surface area is 181 Å². The van der Waals surface area contributed by atoms with E-state index < -0.39 is 6.17 Å². The fraction of sp³-hybridized carbons (Fsp3) is 0.136. The molecule has 1 unspecified atom stereocenters. The number of nitrogens with zero attached hydrogens (tertiary/aromatic N) is 3. The lowest BCUT2D eigenvalue weighted by molar-refractivity contribution is -0.116. The summed E-state index contributed by atoms with van der Waals surface area (Å²) < 4.78 is 6.20. The molecule has 3 aromatic rings. The molecule has 150 valence electrons. The molecule has 0 saturated heterocycles. The molecule has 0 saturated carbocycles. The molecule has 2 aromatic carbocycles. The van der Waals surface area contributed by atoms with Crippen LogP contribution in [0.5, 0.6) is 0 Å². The number of para-hydroxylation sites is 1.